The van der Waals surface area contributed by atoms with Gasteiger partial charge in [-0.05, 0) is 0 Å². The van der Waals surface area contributed by atoms with Crippen molar-refractivity contribution in [3.8, 4) is 0 Å². The van der Waals surface area contributed by atoms with Gasteiger partial charge in [0.15, 0.2) is 10.8 Å². The molecule has 0 bridgehead atoms. The number of carboxylic acids is 1. The third-order valence-electron chi connectivity index (χ3n) is 2.21. The Morgan fingerprint density at radius 1 is 1.57 bits per heavy atom. The Morgan fingerprint density at radius 3 is 2.90 bits per heavy atom. The summed E-state index contributed by atoms with van der Waals surface area (Å²) in [6.07, 6.45) is 1.32. The van der Waals surface area contributed by atoms with Crippen LogP contribution in [0.2, 0.25) is 0 Å². The van der Waals surface area contributed by atoms with E-state index in [9.17, 15) is 14.4 Å². The highest BCUT2D eigenvalue weighted by Crippen LogP contribution is 2.17. The highest BCUT2D eigenvalue weighted by molar-refractivity contribution is 7.14. The van der Waals surface area contributed by atoms with Gasteiger partial charge >= 0.3 is 12.0 Å². The predicted octanol–water partition coefficient (Wildman–Crippen LogP) is 0.615. The standard InChI is InChI=1S/C10H8ClN5O4S/c11-3-6(17)14-9-13-5(4-21-9)7(8(18)19)15-16-2-1-12-10(16)20/h1,4H,2-3H2,(H,18,19)(H,13,14,17). The zero-order chi connectivity index (χ0) is 15.4. The number of rotatable bonds is 5. The van der Waals surface area contributed by atoms with Gasteiger partial charge in [0, 0.05) is 11.6 Å². The molecule has 2 heterocycles. The number of hydrazone groups is 1. The molecule has 1 aromatic rings. The number of carbonyl (C=O) groups is 3. The van der Waals surface area contributed by atoms with Crippen molar-refractivity contribution < 1.29 is 19.5 Å². The molecule has 110 valence electrons. The number of anilines is 1. The Morgan fingerprint density at radius 2 is 2.33 bits per heavy atom. The summed E-state index contributed by atoms with van der Waals surface area (Å²) in [6.45, 7) is 0.0928. The lowest BCUT2D eigenvalue weighted by molar-refractivity contribution is -0.129. The van der Waals surface area contributed by atoms with Crippen LogP contribution in [0.15, 0.2) is 15.5 Å². The van der Waals surface area contributed by atoms with E-state index in [2.05, 4.69) is 20.4 Å². The minimum atomic E-state index is -1.35. The minimum absolute atomic E-state index is 0.0251. The van der Waals surface area contributed by atoms with Crippen molar-refractivity contribution in [3.63, 3.8) is 0 Å². The van der Waals surface area contributed by atoms with Crippen molar-refractivity contribution in [1.82, 2.24) is 9.99 Å². The third-order valence-corrected chi connectivity index (χ3v) is 3.22. The smallest absolute Gasteiger partial charge is 0.364 e. The number of carbonyl (C=O) groups excluding carboxylic acids is 2. The number of aliphatic carboxylic acids is 1. The number of hydrogen-bond donors (Lipinski definition) is 2. The van der Waals surface area contributed by atoms with Crippen molar-refractivity contribution >= 4 is 57.9 Å². The number of amides is 3. The molecule has 0 spiro atoms. The molecule has 2 N–H and O–H groups in total. The quantitative estimate of drug-likeness (QED) is 0.605. The first kappa shape index (κ1) is 15.1. The number of thiazole rings is 1. The van der Waals surface area contributed by atoms with Crippen molar-refractivity contribution in [3.05, 3.63) is 11.1 Å². The van der Waals surface area contributed by atoms with Gasteiger partial charge in [0.2, 0.25) is 5.91 Å². The van der Waals surface area contributed by atoms with Crippen LogP contribution < -0.4 is 5.32 Å². The molecule has 1 aliphatic heterocycles. The number of carboxylic acid groups (broad SMARTS) is 1. The summed E-state index contributed by atoms with van der Waals surface area (Å²) in [4.78, 5) is 41.0. The molecule has 2 rings (SSSR count). The number of aromatic nitrogens is 1. The summed E-state index contributed by atoms with van der Waals surface area (Å²) < 4.78 is 0. The summed E-state index contributed by atoms with van der Waals surface area (Å²) in [5.41, 5.74) is -0.395. The second-order valence-electron chi connectivity index (χ2n) is 3.65. The lowest BCUT2D eigenvalue weighted by Crippen LogP contribution is -2.25. The number of hydrogen-bond acceptors (Lipinski definition) is 6. The summed E-state index contributed by atoms with van der Waals surface area (Å²) >= 11 is 6.36. The normalized spacial score (nSPS) is 14.6. The van der Waals surface area contributed by atoms with E-state index in [0.717, 1.165) is 16.3 Å². The van der Waals surface area contributed by atoms with E-state index in [1.54, 1.807) is 0 Å². The second-order valence-corrected chi connectivity index (χ2v) is 4.78. The maximum Gasteiger partial charge on any atom is 0.364 e. The molecular weight excluding hydrogens is 322 g/mol. The van der Waals surface area contributed by atoms with Gasteiger partial charge in [-0.1, -0.05) is 0 Å². The SMILES string of the molecule is O=C(CCl)Nc1nc(C(=NN2CC=NC2=O)C(=O)O)cs1. The summed E-state index contributed by atoms with van der Waals surface area (Å²) in [5.74, 6) is -2.06. The molecule has 0 atom stereocenters. The summed E-state index contributed by atoms with van der Waals surface area (Å²) in [5, 5.41) is 17.8. The number of aliphatic imine (C=N–C) groups is 1. The number of urea groups is 1. The highest BCUT2D eigenvalue weighted by atomic mass is 35.5. The van der Waals surface area contributed by atoms with Crippen molar-refractivity contribution in [2.45, 2.75) is 0 Å². The van der Waals surface area contributed by atoms with E-state index in [-0.39, 0.29) is 23.3 Å². The van der Waals surface area contributed by atoms with Gasteiger partial charge in [-0.2, -0.15) is 5.10 Å². The van der Waals surface area contributed by atoms with Crippen LogP contribution >= 0.6 is 22.9 Å². The maximum atomic E-state index is 11.3. The molecule has 9 nitrogen and oxygen atoms in total. The van der Waals surface area contributed by atoms with Gasteiger partial charge in [-0.25, -0.2) is 24.6 Å². The third kappa shape index (κ3) is 3.61. The van der Waals surface area contributed by atoms with Gasteiger partial charge < -0.3 is 10.4 Å². The highest BCUT2D eigenvalue weighted by Gasteiger charge is 2.22. The topological polar surface area (TPSA) is 124 Å². The van der Waals surface area contributed by atoms with Crippen molar-refractivity contribution in [2.75, 3.05) is 17.7 Å². The van der Waals surface area contributed by atoms with Gasteiger partial charge in [0.25, 0.3) is 0 Å². The second kappa shape index (κ2) is 6.41. The molecule has 0 saturated carbocycles. The Hall–Kier alpha value is -2.33. The molecule has 1 aliphatic rings. The molecule has 0 saturated heterocycles. The van der Waals surface area contributed by atoms with E-state index in [0.29, 0.717) is 0 Å². The first-order valence-corrected chi connectivity index (χ1v) is 6.90. The lowest BCUT2D eigenvalue weighted by atomic mass is 10.3. The van der Waals surface area contributed by atoms with E-state index in [4.69, 9.17) is 16.7 Å². The number of nitrogens with one attached hydrogen (secondary N) is 1. The van der Waals surface area contributed by atoms with Gasteiger partial charge in [0.05, 0.1) is 6.54 Å². The van der Waals surface area contributed by atoms with Gasteiger partial charge in [-0.3, -0.25) is 4.79 Å². The average Bonchev–Trinajstić information content (AvgIpc) is 3.05. The van der Waals surface area contributed by atoms with Gasteiger partial charge in [0.1, 0.15) is 11.6 Å². The largest absolute Gasteiger partial charge is 0.476 e. The Bertz CT molecular complexity index is 656. The molecule has 21 heavy (non-hydrogen) atoms. The van der Waals surface area contributed by atoms with E-state index < -0.39 is 23.6 Å². The van der Waals surface area contributed by atoms with Crippen LogP contribution in [0.1, 0.15) is 5.69 Å². The Kier molecular flexibility index (Phi) is 4.60. The fourth-order valence-corrected chi connectivity index (χ4v) is 2.12. The first-order valence-electron chi connectivity index (χ1n) is 5.49. The fraction of sp³-hybridized carbons (Fsp3) is 0.200. The predicted molar refractivity (Wildman–Crippen MR) is 76.2 cm³/mol. The maximum absolute atomic E-state index is 11.3. The fourth-order valence-electron chi connectivity index (χ4n) is 1.34. The van der Waals surface area contributed by atoms with Crippen LogP contribution in [-0.4, -0.2) is 57.4 Å². The van der Waals surface area contributed by atoms with E-state index >= 15 is 0 Å². The summed E-state index contributed by atoms with van der Waals surface area (Å²) in [6, 6.07) is -0.653. The zero-order valence-corrected chi connectivity index (χ0v) is 11.9. The van der Waals surface area contributed by atoms with Crippen LogP contribution in [0.25, 0.3) is 0 Å². The van der Waals surface area contributed by atoms with Gasteiger partial charge in [-0.15, -0.1) is 22.9 Å². The van der Waals surface area contributed by atoms with Crippen LogP contribution in [0.5, 0.6) is 0 Å². The van der Waals surface area contributed by atoms with E-state index in [1.807, 2.05) is 0 Å². The molecular formula is C10H8ClN5O4S. The number of nitrogens with zero attached hydrogens (tertiary/aromatic N) is 4. The van der Waals surface area contributed by atoms with Crippen LogP contribution in [0, 0.1) is 0 Å². The Balaban J connectivity index is 2.23. The Labute approximate surface area is 126 Å². The van der Waals surface area contributed by atoms with E-state index in [1.165, 1.54) is 11.6 Å². The van der Waals surface area contributed by atoms with Crippen LogP contribution in [0.3, 0.4) is 0 Å². The molecule has 0 radical (unpaired) electrons. The molecule has 11 heteroatoms. The lowest BCUT2D eigenvalue weighted by Gasteiger charge is -2.07. The molecule has 0 unspecified atom stereocenters. The van der Waals surface area contributed by atoms with Crippen molar-refractivity contribution in [2.24, 2.45) is 10.1 Å². The van der Waals surface area contributed by atoms with Crippen molar-refractivity contribution in [1.29, 1.82) is 0 Å². The zero-order valence-electron chi connectivity index (χ0n) is 10.3. The minimum Gasteiger partial charge on any atom is -0.476 e. The molecule has 0 aliphatic carbocycles. The molecule has 0 fully saturated rings. The summed E-state index contributed by atoms with van der Waals surface area (Å²) in [7, 11) is 0. The number of alkyl halides is 1. The molecule has 1 aromatic heterocycles. The van der Waals surface area contributed by atoms with Crippen LogP contribution in [-0.2, 0) is 9.59 Å². The molecule has 3 amide bonds. The monoisotopic (exact) mass is 329 g/mol. The molecule has 0 aromatic carbocycles. The first-order chi connectivity index (χ1) is 10.0. The van der Waals surface area contributed by atoms with Crippen LogP contribution in [0.4, 0.5) is 9.93 Å². The average molecular weight is 330 g/mol. The number of halogens is 1.